The summed E-state index contributed by atoms with van der Waals surface area (Å²) in [6.45, 7) is 0. The van der Waals surface area contributed by atoms with Gasteiger partial charge in [-0.2, -0.15) is 0 Å². The van der Waals surface area contributed by atoms with Crippen molar-refractivity contribution in [3.05, 3.63) is 139 Å². The van der Waals surface area contributed by atoms with Gasteiger partial charge in [0.1, 0.15) is 28.5 Å². The SMILES string of the molecule is Clc1ccc(-c2cc([P+](c3ccccc3)(c3ccccc3)c3ccccc3)ccn2)cc1. The predicted octanol–water partition coefficient (Wildman–Crippen LogP) is 6.02. The molecule has 0 N–H and O–H groups in total. The van der Waals surface area contributed by atoms with Crippen molar-refractivity contribution in [3.63, 3.8) is 0 Å². The standard InChI is InChI=1S/C29H22ClNP/c30-24-18-16-23(17-19-24)29-22-28(20-21-31-29)32(25-10-4-1-5-11-25,26-12-6-2-7-13-26)27-14-8-3-9-15-27/h1-22H/q+1. The number of benzene rings is 4. The molecule has 0 bridgehead atoms. The van der Waals surface area contributed by atoms with Crippen LogP contribution in [0, 0.1) is 0 Å². The highest BCUT2D eigenvalue weighted by atomic mass is 35.5. The molecule has 0 spiro atoms. The zero-order valence-corrected chi connectivity index (χ0v) is 19.1. The second-order valence-electron chi connectivity index (χ2n) is 7.58. The van der Waals surface area contributed by atoms with Crippen LogP contribution in [0.15, 0.2) is 134 Å². The lowest BCUT2D eigenvalue weighted by Gasteiger charge is -2.27. The van der Waals surface area contributed by atoms with Gasteiger partial charge in [0, 0.05) is 22.8 Å². The molecular weight excluding hydrogens is 429 g/mol. The minimum absolute atomic E-state index is 0.726. The third-order valence-corrected chi connectivity index (χ3v) is 10.2. The fourth-order valence-electron chi connectivity index (χ4n) is 4.26. The molecule has 3 heteroatoms. The number of pyridine rings is 1. The Morgan fingerprint density at radius 3 is 1.44 bits per heavy atom. The summed E-state index contributed by atoms with van der Waals surface area (Å²) in [6, 6.07) is 45.0. The van der Waals surface area contributed by atoms with Crippen LogP contribution in [0.25, 0.3) is 11.3 Å². The van der Waals surface area contributed by atoms with Gasteiger partial charge < -0.3 is 0 Å². The Hall–Kier alpha value is -3.25. The Balaban J connectivity index is 1.83. The zero-order chi connectivity index (χ0) is 21.8. The van der Waals surface area contributed by atoms with E-state index in [1.54, 1.807) is 0 Å². The highest BCUT2D eigenvalue weighted by molar-refractivity contribution is 8.01. The molecule has 32 heavy (non-hydrogen) atoms. The predicted molar refractivity (Wildman–Crippen MR) is 139 cm³/mol. The van der Waals surface area contributed by atoms with Crippen molar-refractivity contribution in [1.29, 1.82) is 0 Å². The van der Waals surface area contributed by atoms with Crippen LogP contribution in [0.3, 0.4) is 0 Å². The summed E-state index contributed by atoms with van der Waals surface area (Å²) in [5, 5.41) is 5.98. The van der Waals surface area contributed by atoms with Crippen molar-refractivity contribution in [2.45, 2.75) is 0 Å². The molecule has 0 saturated carbocycles. The summed E-state index contributed by atoms with van der Waals surface area (Å²) in [5.74, 6) is 0. The Morgan fingerprint density at radius 1 is 0.500 bits per heavy atom. The third-order valence-electron chi connectivity index (χ3n) is 5.70. The lowest BCUT2D eigenvalue weighted by molar-refractivity contribution is 1.34. The monoisotopic (exact) mass is 450 g/mol. The van der Waals surface area contributed by atoms with Crippen LogP contribution in [-0.4, -0.2) is 4.98 Å². The number of rotatable bonds is 5. The highest BCUT2D eigenvalue weighted by Crippen LogP contribution is 2.54. The van der Waals surface area contributed by atoms with Gasteiger partial charge in [-0.1, -0.05) is 78.3 Å². The third kappa shape index (κ3) is 3.75. The molecule has 0 atom stereocenters. The van der Waals surface area contributed by atoms with Gasteiger partial charge in [0.2, 0.25) is 0 Å². The van der Waals surface area contributed by atoms with Gasteiger partial charge in [-0.15, -0.1) is 0 Å². The van der Waals surface area contributed by atoms with Crippen LogP contribution >= 0.6 is 18.9 Å². The molecule has 0 amide bonds. The topological polar surface area (TPSA) is 12.9 Å². The van der Waals surface area contributed by atoms with Crippen LogP contribution in [0.1, 0.15) is 0 Å². The van der Waals surface area contributed by atoms with Gasteiger partial charge >= 0.3 is 0 Å². The maximum absolute atomic E-state index is 6.13. The van der Waals surface area contributed by atoms with E-state index in [4.69, 9.17) is 16.6 Å². The molecule has 0 fully saturated rings. The highest BCUT2D eigenvalue weighted by Gasteiger charge is 2.47. The van der Waals surface area contributed by atoms with Crippen molar-refractivity contribution in [1.82, 2.24) is 4.98 Å². The van der Waals surface area contributed by atoms with Gasteiger partial charge in [0.05, 0.1) is 5.69 Å². The molecule has 0 aliphatic rings. The smallest absolute Gasteiger partial charge is 0.144 e. The average Bonchev–Trinajstić information content (AvgIpc) is 2.87. The van der Waals surface area contributed by atoms with Crippen LogP contribution in [0.5, 0.6) is 0 Å². The van der Waals surface area contributed by atoms with Crippen molar-refractivity contribution in [2.75, 3.05) is 0 Å². The molecule has 1 aromatic heterocycles. The minimum atomic E-state index is -2.13. The van der Waals surface area contributed by atoms with Crippen molar-refractivity contribution in [2.24, 2.45) is 0 Å². The number of hydrogen-bond acceptors (Lipinski definition) is 1. The molecule has 1 heterocycles. The van der Waals surface area contributed by atoms with E-state index >= 15 is 0 Å². The molecule has 0 aliphatic carbocycles. The molecule has 0 saturated heterocycles. The summed E-state index contributed by atoms with van der Waals surface area (Å²) in [5.41, 5.74) is 2.01. The minimum Gasteiger partial charge on any atom is -0.256 e. The Bertz CT molecular complexity index is 1210. The van der Waals surface area contributed by atoms with Crippen molar-refractivity contribution < 1.29 is 0 Å². The molecular formula is C29H22ClNP+. The molecule has 0 unspecified atom stereocenters. The fourth-order valence-corrected chi connectivity index (χ4v) is 8.63. The summed E-state index contributed by atoms with van der Waals surface area (Å²) in [6.07, 6.45) is 1.93. The van der Waals surface area contributed by atoms with E-state index in [-0.39, 0.29) is 0 Å². The van der Waals surface area contributed by atoms with Crippen molar-refractivity contribution >= 4 is 40.1 Å². The van der Waals surface area contributed by atoms with Gasteiger partial charge in [0.15, 0.2) is 0 Å². The maximum Gasteiger partial charge on any atom is 0.144 e. The van der Waals surface area contributed by atoms with E-state index in [1.807, 2.05) is 30.5 Å². The molecule has 4 aromatic carbocycles. The second-order valence-corrected chi connectivity index (χ2v) is 11.4. The van der Waals surface area contributed by atoms with Crippen molar-refractivity contribution in [3.8, 4) is 11.3 Å². The number of halogens is 1. The van der Waals surface area contributed by atoms with Gasteiger partial charge in [-0.25, -0.2) is 0 Å². The van der Waals surface area contributed by atoms with E-state index in [2.05, 4.69) is 103 Å². The normalized spacial score (nSPS) is 11.3. The first kappa shape index (κ1) is 20.6. The van der Waals surface area contributed by atoms with Crippen LogP contribution in [-0.2, 0) is 0 Å². The molecule has 5 rings (SSSR count). The second kappa shape index (κ2) is 9.09. The van der Waals surface area contributed by atoms with E-state index in [9.17, 15) is 0 Å². The van der Waals surface area contributed by atoms with Gasteiger partial charge in [0.25, 0.3) is 0 Å². The Labute approximate surface area is 194 Å². The fraction of sp³-hybridized carbons (Fsp3) is 0. The summed E-state index contributed by atoms with van der Waals surface area (Å²) < 4.78 is 0. The summed E-state index contributed by atoms with van der Waals surface area (Å²) in [4.78, 5) is 4.71. The number of hydrogen-bond donors (Lipinski definition) is 0. The molecule has 154 valence electrons. The number of aromatic nitrogens is 1. The lowest BCUT2D eigenvalue weighted by Crippen LogP contribution is -2.38. The molecule has 1 nitrogen and oxygen atoms in total. The summed E-state index contributed by atoms with van der Waals surface area (Å²) in [7, 11) is -2.13. The Kier molecular flexibility index (Phi) is 5.86. The molecule has 0 radical (unpaired) electrons. The zero-order valence-electron chi connectivity index (χ0n) is 17.5. The van der Waals surface area contributed by atoms with Crippen LogP contribution < -0.4 is 21.2 Å². The maximum atomic E-state index is 6.13. The average molecular weight is 451 g/mol. The van der Waals surface area contributed by atoms with Crippen LogP contribution in [0.4, 0.5) is 0 Å². The van der Waals surface area contributed by atoms with Gasteiger partial charge in [-0.3, -0.25) is 4.98 Å². The van der Waals surface area contributed by atoms with E-state index in [0.717, 1.165) is 16.3 Å². The van der Waals surface area contributed by atoms with E-state index in [0.29, 0.717) is 0 Å². The first-order valence-electron chi connectivity index (χ1n) is 10.6. The Morgan fingerprint density at radius 2 is 0.969 bits per heavy atom. The quantitative estimate of drug-likeness (QED) is 0.298. The summed E-state index contributed by atoms with van der Waals surface area (Å²) >= 11 is 6.13. The number of nitrogens with zero attached hydrogens (tertiary/aromatic N) is 1. The van der Waals surface area contributed by atoms with E-state index in [1.165, 1.54) is 21.2 Å². The first-order chi connectivity index (χ1) is 15.8. The van der Waals surface area contributed by atoms with Crippen LogP contribution in [0.2, 0.25) is 5.02 Å². The van der Waals surface area contributed by atoms with Gasteiger partial charge in [-0.05, 0) is 54.6 Å². The largest absolute Gasteiger partial charge is 0.256 e. The first-order valence-corrected chi connectivity index (χ1v) is 12.7. The lowest BCUT2D eigenvalue weighted by atomic mass is 10.1. The van der Waals surface area contributed by atoms with E-state index < -0.39 is 7.26 Å². The molecule has 0 aliphatic heterocycles. The molecule has 5 aromatic rings.